The highest BCUT2D eigenvalue weighted by molar-refractivity contribution is 7.80. The Kier molecular flexibility index (Phi) is 16.0. The standard InChI is InChI=1S/C22H32N14O2S4/c1-11(25-31-19(39)23-5)13(3)27-33-21(41)35-29-17(37)15-7-9-16(10-8-15)18(38)30-36-22(42)34-28-14(4)12(2)26-32-20(40)24-6/h7-10H,1-6H3,(H,29,37)(H,30,38)(H2,23,31,39)(H2,24,32,40)(H2,33,35,41)(H2,34,36,42)/b25-11+,26-12+,27-13+,28-14+. The van der Waals surface area contributed by atoms with Gasteiger partial charge in [0.25, 0.3) is 11.8 Å². The zero-order valence-electron chi connectivity index (χ0n) is 23.5. The van der Waals surface area contributed by atoms with Crippen LogP contribution in [0.2, 0.25) is 0 Å². The van der Waals surface area contributed by atoms with Gasteiger partial charge in [0.2, 0.25) is 10.2 Å². The normalized spacial score (nSPS) is 11.8. The van der Waals surface area contributed by atoms with E-state index in [-0.39, 0.29) is 21.4 Å². The summed E-state index contributed by atoms with van der Waals surface area (Å²) in [5.74, 6) is -0.985. The van der Waals surface area contributed by atoms with Gasteiger partial charge in [0.05, 0.1) is 22.8 Å². The van der Waals surface area contributed by atoms with Crippen molar-refractivity contribution in [3.8, 4) is 0 Å². The maximum absolute atomic E-state index is 12.4. The lowest BCUT2D eigenvalue weighted by molar-refractivity contribution is 0.0932. The summed E-state index contributed by atoms with van der Waals surface area (Å²) in [6.07, 6.45) is 0. The lowest BCUT2D eigenvalue weighted by Crippen LogP contribution is -2.46. The first-order chi connectivity index (χ1) is 19.9. The molecule has 0 aromatic heterocycles. The molecule has 0 bridgehead atoms. The van der Waals surface area contributed by atoms with Crippen LogP contribution >= 0.6 is 48.9 Å². The number of carbonyl (C=O) groups is 2. The molecule has 0 saturated heterocycles. The van der Waals surface area contributed by atoms with Crippen molar-refractivity contribution in [3.05, 3.63) is 35.4 Å². The fourth-order valence-corrected chi connectivity index (χ4v) is 2.46. The molecule has 0 atom stereocenters. The Labute approximate surface area is 264 Å². The molecular weight excluding hydrogens is 621 g/mol. The fraction of sp³-hybridized carbons (Fsp3) is 0.273. The van der Waals surface area contributed by atoms with Gasteiger partial charge >= 0.3 is 0 Å². The molecule has 0 spiro atoms. The lowest BCUT2D eigenvalue weighted by Gasteiger charge is -2.11. The number of amides is 2. The molecule has 0 aliphatic rings. The summed E-state index contributed by atoms with van der Waals surface area (Å²) in [6.45, 7) is 6.88. The number of rotatable bonds is 8. The maximum Gasteiger partial charge on any atom is 0.269 e. The van der Waals surface area contributed by atoms with Gasteiger partial charge in [-0.05, 0) is 101 Å². The average molecular weight is 653 g/mol. The van der Waals surface area contributed by atoms with Crippen LogP contribution in [0.15, 0.2) is 44.7 Å². The number of nitrogens with zero attached hydrogens (tertiary/aromatic N) is 4. The molecule has 2 amide bonds. The van der Waals surface area contributed by atoms with Gasteiger partial charge in [-0.1, -0.05) is 0 Å². The van der Waals surface area contributed by atoms with Gasteiger partial charge in [-0.25, -0.2) is 0 Å². The van der Waals surface area contributed by atoms with E-state index in [9.17, 15) is 9.59 Å². The molecule has 226 valence electrons. The predicted octanol–water partition coefficient (Wildman–Crippen LogP) is -0.404. The van der Waals surface area contributed by atoms with Gasteiger partial charge in [0.15, 0.2) is 10.2 Å². The average Bonchev–Trinajstić information content (AvgIpc) is 3.00. The van der Waals surface area contributed by atoms with Crippen molar-refractivity contribution in [2.75, 3.05) is 14.1 Å². The SMILES string of the molecule is CNC(=S)N/N=C(C)/C(C)=N/NC(=S)NNC(=O)c1ccc(C(=O)NNC(=S)N/N=C(C)/C(C)=N/NC(=S)NC)cc1. The molecule has 0 heterocycles. The number of nitrogens with one attached hydrogen (secondary N) is 10. The Hall–Kier alpha value is -4.40. The second-order valence-electron chi connectivity index (χ2n) is 7.79. The summed E-state index contributed by atoms with van der Waals surface area (Å²) < 4.78 is 0. The number of carbonyl (C=O) groups excluding carboxylic acids is 2. The van der Waals surface area contributed by atoms with Gasteiger partial charge in [-0.2, -0.15) is 20.4 Å². The van der Waals surface area contributed by atoms with Gasteiger partial charge in [0.1, 0.15) is 0 Å². The monoisotopic (exact) mass is 652 g/mol. The highest BCUT2D eigenvalue weighted by atomic mass is 32.1. The van der Waals surface area contributed by atoms with Crippen molar-refractivity contribution in [3.63, 3.8) is 0 Å². The molecular formula is C22H32N14O2S4. The lowest BCUT2D eigenvalue weighted by atomic mass is 10.1. The van der Waals surface area contributed by atoms with Crippen LogP contribution in [0.5, 0.6) is 0 Å². The van der Waals surface area contributed by atoms with Crippen LogP contribution in [0.1, 0.15) is 48.4 Å². The zero-order valence-corrected chi connectivity index (χ0v) is 26.8. The van der Waals surface area contributed by atoms with E-state index in [1.165, 1.54) is 24.3 Å². The summed E-state index contributed by atoms with van der Waals surface area (Å²) in [4.78, 5) is 24.8. The van der Waals surface area contributed by atoms with Gasteiger partial charge < -0.3 is 10.6 Å². The van der Waals surface area contributed by atoms with Crippen LogP contribution in [0.4, 0.5) is 0 Å². The predicted molar refractivity (Wildman–Crippen MR) is 181 cm³/mol. The number of hydrogen-bond acceptors (Lipinski definition) is 10. The van der Waals surface area contributed by atoms with E-state index in [0.29, 0.717) is 33.1 Å². The molecule has 20 heteroatoms. The Morgan fingerprint density at radius 2 is 0.762 bits per heavy atom. The van der Waals surface area contributed by atoms with Crippen LogP contribution in [0.25, 0.3) is 0 Å². The minimum Gasteiger partial charge on any atom is -0.364 e. The van der Waals surface area contributed by atoms with Crippen LogP contribution < -0.4 is 54.0 Å². The third kappa shape index (κ3) is 13.8. The van der Waals surface area contributed by atoms with Gasteiger partial charge in [-0.15, -0.1) is 0 Å². The number of benzene rings is 1. The first-order valence-corrected chi connectivity index (χ1v) is 13.5. The van der Waals surface area contributed by atoms with E-state index in [2.05, 4.69) is 74.4 Å². The first kappa shape index (κ1) is 35.6. The number of hydrazine groups is 2. The molecule has 10 N–H and O–H groups in total. The summed E-state index contributed by atoms with van der Waals surface area (Å²) >= 11 is 20.1. The van der Waals surface area contributed by atoms with E-state index in [1.54, 1.807) is 41.8 Å². The summed E-state index contributed by atoms with van der Waals surface area (Å²) in [7, 11) is 3.34. The highest BCUT2D eigenvalue weighted by Crippen LogP contribution is 2.04. The third-order valence-corrected chi connectivity index (χ3v) is 5.77. The molecule has 1 aromatic rings. The number of hydrazone groups is 4. The van der Waals surface area contributed by atoms with Crippen molar-refractivity contribution in [1.82, 2.24) is 54.0 Å². The van der Waals surface area contributed by atoms with E-state index < -0.39 is 11.8 Å². The quantitative estimate of drug-likeness (QED) is 0.0987. The molecule has 0 aliphatic carbocycles. The largest absolute Gasteiger partial charge is 0.364 e. The molecule has 1 rings (SSSR count). The molecule has 0 unspecified atom stereocenters. The minimum atomic E-state index is -0.493. The van der Waals surface area contributed by atoms with Crippen LogP contribution in [0.3, 0.4) is 0 Å². The van der Waals surface area contributed by atoms with E-state index in [1.807, 2.05) is 0 Å². The number of hydrogen-bond donors (Lipinski definition) is 10. The molecule has 0 radical (unpaired) electrons. The van der Waals surface area contributed by atoms with Crippen molar-refractivity contribution in [1.29, 1.82) is 0 Å². The molecule has 16 nitrogen and oxygen atoms in total. The van der Waals surface area contributed by atoms with Crippen molar-refractivity contribution < 1.29 is 9.59 Å². The minimum absolute atomic E-state index is 0.0393. The van der Waals surface area contributed by atoms with Crippen molar-refractivity contribution in [2.24, 2.45) is 20.4 Å². The molecule has 0 aliphatic heterocycles. The van der Waals surface area contributed by atoms with E-state index >= 15 is 0 Å². The third-order valence-electron chi connectivity index (χ3n) is 4.79. The van der Waals surface area contributed by atoms with Crippen LogP contribution in [-0.4, -0.2) is 69.2 Å². The second-order valence-corrected chi connectivity index (χ2v) is 9.42. The van der Waals surface area contributed by atoms with E-state index in [0.717, 1.165) is 0 Å². The van der Waals surface area contributed by atoms with E-state index in [4.69, 9.17) is 48.9 Å². The first-order valence-electron chi connectivity index (χ1n) is 11.8. The fourth-order valence-electron chi connectivity index (χ4n) is 2.17. The Bertz CT molecular complexity index is 1210. The Balaban J connectivity index is 2.53. The molecule has 42 heavy (non-hydrogen) atoms. The highest BCUT2D eigenvalue weighted by Gasteiger charge is 2.10. The van der Waals surface area contributed by atoms with Gasteiger partial charge in [-0.3, -0.25) is 53.0 Å². The van der Waals surface area contributed by atoms with Crippen LogP contribution in [-0.2, 0) is 0 Å². The molecule has 0 fully saturated rings. The smallest absolute Gasteiger partial charge is 0.269 e. The summed E-state index contributed by atoms with van der Waals surface area (Å²) in [6, 6.07) is 5.86. The second kappa shape index (κ2) is 18.9. The van der Waals surface area contributed by atoms with Crippen molar-refractivity contribution in [2.45, 2.75) is 27.7 Å². The van der Waals surface area contributed by atoms with Gasteiger partial charge in [0, 0.05) is 25.2 Å². The Morgan fingerprint density at radius 1 is 0.500 bits per heavy atom. The summed E-state index contributed by atoms with van der Waals surface area (Å²) in [5, 5.41) is 22.5. The topological polar surface area (TPSA) is 204 Å². The zero-order chi connectivity index (χ0) is 31.7. The Morgan fingerprint density at radius 3 is 1.02 bits per heavy atom. The summed E-state index contributed by atoms with van der Waals surface area (Å²) in [5.41, 5.74) is 23.1. The maximum atomic E-state index is 12.4. The molecule has 0 saturated carbocycles. The molecule has 1 aromatic carbocycles. The van der Waals surface area contributed by atoms with Crippen LogP contribution in [0, 0.1) is 0 Å². The number of thiocarbonyl (C=S) groups is 4. The van der Waals surface area contributed by atoms with Crippen molar-refractivity contribution >= 4 is 104 Å².